The second-order valence-corrected chi connectivity index (χ2v) is 15.3. The Bertz CT molecular complexity index is 791. The zero-order chi connectivity index (χ0) is 37.8. The predicted octanol–water partition coefficient (Wildman–Crippen LogP) is 14.9. The maximum atomic E-state index is 12.7. The molecule has 0 aromatic rings. The summed E-state index contributed by atoms with van der Waals surface area (Å²) in [6, 6.07) is 0. The Morgan fingerprint density at radius 2 is 0.808 bits per heavy atom. The number of unbranched alkanes of at least 4 members (excludes halogenated alkanes) is 27. The quantitative estimate of drug-likeness (QED) is 0.0355. The molecule has 1 atom stereocenters. The number of allylic oxidation sites excluding steroid dienone is 4. The van der Waals surface area contributed by atoms with Crippen molar-refractivity contribution in [3.8, 4) is 0 Å². The average molecular weight is 733 g/mol. The fourth-order valence-electron chi connectivity index (χ4n) is 6.54. The number of hydrogen-bond donors (Lipinski definition) is 0. The maximum Gasteiger partial charge on any atom is 0.306 e. The van der Waals surface area contributed by atoms with Crippen molar-refractivity contribution in [1.29, 1.82) is 0 Å². The van der Waals surface area contributed by atoms with E-state index in [-0.39, 0.29) is 25.2 Å². The van der Waals surface area contributed by atoms with Gasteiger partial charge in [-0.1, -0.05) is 199 Å². The van der Waals surface area contributed by atoms with Gasteiger partial charge in [0.25, 0.3) is 0 Å². The molecule has 0 spiro atoms. The normalized spacial score (nSPS) is 12.3. The maximum absolute atomic E-state index is 12.7. The highest BCUT2D eigenvalue weighted by molar-refractivity contribution is 5.70. The lowest BCUT2D eigenvalue weighted by molar-refractivity contribution is -0.163. The minimum atomic E-state index is -0.530. The van der Waals surface area contributed by atoms with Gasteiger partial charge < -0.3 is 14.2 Å². The Balaban J connectivity index is 4.19. The second kappa shape index (κ2) is 43.8. The number of carbonyl (C=O) groups is 2. The Hall–Kier alpha value is -1.62. The van der Waals surface area contributed by atoms with Gasteiger partial charge in [0.15, 0.2) is 6.10 Å². The summed E-state index contributed by atoms with van der Waals surface area (Å²) >= 11 is 0. The van der Waals surface area contributed by atoms with Crippen molar-refractivity contribution in [1.82, 2.24) is 0 Å². The number of ether oxygens (including phenoxy) is 3. The number of hydrogen-bond acceptors (Lipinski definition) is 5. The average Bonchev–Trinajstić information content (AvgIpc) is 3.14. The van der Waals surface area contributed by atoms with Crippen LogP contribution in [0.15, 0.2) is 24.3 Å². The first-order valence-electron chi connectivity index (χ1n) is 22.9. The largest absolute Gasteiger partial charge is 0.462 e. The van der Waals surface area contributed by atoms with Crippen LogP contribution in [0.4, 0.5) is 0 Å². The molecule has 0 bridgehead atoms. The van der Waals surface area contributed by atoms with E-state index < -0.39 is 6.10 Å². The first-order valence-corrected chi connectivity index (χ1v) is 22.9. The van der Waals surface area contributed by atoms with Gasteiger partial charge >= 0.3 is 11.9 Å². The summed E-state index contributed by atoms with van der Waals surface area (Å²) in [6.07, 6.45) is 48.8. The van der Waals surface area contributed by atoms with E-state index in [0.717, 1.165) is 57.8 Å². The summed E-state index contributed by atoms with van der Waals surface area (Å²) < 4.78 is 17.3. The molecule has 52 heavy (non-hydrogen) atoms. The molecule has 0 aliphatic heterocycles. The van der Waals surface area contributed by atoms with Gasteiger partial charge in [-0.3, -0.25) is 9.59 Å². The standard InChI is InChI=1S/C47H88O5/c1-4-7-10-13-16-19-21-23-24-26-27-29-31-34-37-40-46(48)51-44-45(43-50-42-39-36-33-18-15-12-9-6-3)52-47(49)41-38-35-32-30-28-25-22-20-17-14-11-8-5-2/h16,19,23-24,45H,4-15,17-18,20-22,25-44H2,1-3H3/b19-16-,24-23-. The molecule has 0 aliphatic carbocycles. The molecule has 0 amide bonds. The highest BCUT2D eigenvalue weighted by Crippen LogP contribution is 2.14. The Morgan fingerprint density at radius 3 is 1.31 bits per heavy atom. The Morgan fingerprint density at radius 1 is 0.423 bits per heavy atom. The minimum absolute atomic E-state index is 0.0842. The van der Waals surface area contributed by atoms with E-state index in [9.17, 15) is 9.59 Å². The molecular formula is C47H88O5. The zero-order valence-electron chi connectivity index (χ0n) is 35.1. The van der Waals surface area contributed by atoms with Crippen LogP contribution in [0, 0.1) is 0 Å². The van der Waals surface area contributed by atoms with E-state index in [1.54, 1.807) is 0 Å². The van der Waals surface area contributed by atoms with Crippen molar-refractivity contribution in [2.75, 3.05) is 19.8 Å². The van der Waals surface area contributed by atoms with E-state index in [4.69, 9.17) is 14.2 Å². The summed E-state index contributed by atoms with van der Waals surface area (Å²) in [5, 5.41) is 0. The molecular weight excluding hydrogens is 645 g/mol. The van der Waals surface area contributed by atoms with Crippen LogP contribution in [0.1, 0.15) is 239 Å². The van der Waals surface area contributed by atoms with Gasteiger partial charge in [-0.2, -0.15) is 0 Å². The lowest BCUT2D eigenvalue weighted by Crippen LogP contribution is -2.30. The van der Waals surface area contributed by atoms with E-state index in [1.807, 2.05) is 0 Å². The third-order valence-electron chi connectivity index (χ3n) is 9.99. The summed E-state index contributed by atoms with van der Waals surface area (Å²) in [5.74, 6) is -0.403. The summed E-state index contributed by atoms with van der Waals surface area (Å²) in [7, 11) is 0. The molecule has 1 unspecified atom stereocenters. The van der Waals surface area contributed by atoms with E-state index in [0.29, 0.717) is 19.4 Å². The summed E-state index contributed by atoms with van der Waals surface area (Å²) in [5.41, 5.74) is 0. The number of esters is 2. The van der Waals surface area contributed by atoms with E-state index in [2.05, 4.69) is 45.1 Å². The van der Waals surface area contributed by atoms with Crippen LogP contribution in [0.25, 0.3) is 0 Å². The fourth-order valence-corrected chi connectivity index (χ4v) is 6.54. The molecule has 0 fully saturated rings. The van der Waals surface area contributed by atoms with Gasteiger partial charge in [0.1, 0.15) is 6.61 Å². The fraction of sp³-hybridized carbons (Fsp3) is 0.872. The monoisotopic (exact) mass is 733 g/mol. The van der Waals surface area contributed by atoms with Crippen molar-refractivity contribution in [3.05, 3.63) is 24.3 Å². The van der Waals surface area contributed by atoms with Crippen molar-refractivity contribution in [3.63, 3.8) is 0 Å². The highest BCUT2D eigenvalue weighted by Gasteiger charge is 2.17. The molecule has 5 nitrogen and oxygen atoms in total. The van der Waals surface area contributed by atoms with Crippen LogP contribution in [-0.2, 0) is 23.8 Å². The van der Waals surface area contributed by atoms with Crippen LogP contribution >= 0.6 is 0 Å². The summed E-state index contributed by atoms with van der Waals surface area (Å²) in [6.45, 7) is 7.80. The zero-order valence-corrected chi connectivity index (χ0v) is 35.1. The van der Waals surface area contributed by atoms with E-state index >= 15 is 0 Å². The van der Waals surface area contributed by atoms with Crippen LogP contribution in [0.2, 0.25) is 0 Å². The van der Waals surface area contributed by atoms with Gasteiger partial charge in [0, 0.05) is 19.4 Å². The second-order valence-electron chi connectivity index (χ2n) is 15.3. The Labute approximate surface area is 324 Å². The van der Waals surface area contributed by atoms with Crippen molar-refractivity contribution >= 4 is 11.9 Å². The molecule has 0 heterocycles. The number of carbonyl (C=O) groups excluding carboxylic acids is 2. The Kier molecular flexibility index (Phi) is 42.4. The lowest BCUT2D eigenvalue weighted by Gasteiger charge is -2.18. The van der Waals surface area contributed by atoms with Crippen LogP contribution in [-0.4, -0.2) is 37.9 Å². The third-order valence-corrected chi connectivity index (χ3v) is 9.99. The molecule has 0 radical (unpaired) electrons. The molecule has 306 valence electrons. The lowest BCUT2D eigenvalue weighted by atomic mass is 10.0. The van der Waals surface area contributed by atoms with Gasteiger partial charge in [0.05, 0.1) is 6.61 Å². The molecule has 5 heteroatoms. The first kappa shape index (κ1) is 50.4. The molecule has 0 aromatic carbocycles. The van der Waals surface area contributed by atoms with Crippen LogP contribution in [0.5, 0.6) is 0 Å². The molecule has 0 saturated carbocycles. The number of rotatable bonds is 42. The van der Waals surface area contributed by atoms with E-state index in [1.165, 1.54) is 148 Å². The first-order chi connectivity index (χ1) is 25.6. The van der Waals surface area contributed by atoms with Crippen LogP contribution < -0.4 is 0 Å². The van der Waals surface area contributed by atoms with Gasteiger partial charge in [-0.25, -0.2) is 0 Å². The molecule has 0 aromatic heterocycles. The topological polar surface area (TPSA) is 61.8 Å². The van der Waals surface area contributed by atoms with Crippen molar-refractivity contribution in [2.24, 2.45) is 0 Å². The smallest absolute Gasteiger partial charge is 0.306 e. The summed E-state index contributed by atoms with van der Waals surface area (Å²) in [4.78, 5) is 25.2. The third kappa shape index (κ3) is 41.1. The predicted molar refractivity (Wildman–Crippen MR) is 224 cm³/mol. The van der Waals surface area contributed by atoms with Gasteiger partial charge in [-0.05, 0) is 51.4 Å². The minimum Gasteiger partial charge on any atom is -0.462 e. The molecule has 0 N–H and O–H groups in total. The van der Waals surface area contributed by atoms with Crippen LogP contribution in [0.3, 0.4) is 0 Å². The SMILES string of the molecule is CCCCC/C=C\C/C=C\CCCCCCCC(=O)OCC(COCCCCCCCCCC)OC(=O)CCCCCCCCCCCCCCC. The van der Waals surface area contributed by atoms with Crippen molar-refractivity contribution in [2.45, 2.75) is 245 Å². The van der Waals surface area contributed by atoms with Gasteiger partial charge in [0.2, 0.25) is 0 Å². The highest BCUT2D eigenvalue weighted by atomic mass is 16.6. The van der Waals surface area contributed by atoms with Gasteiger partial charge in [-0.15, -0.1) is 0 Å². The molecule has 0 aliphatic rings. The molecule has 0 saturated heterocycles. The molecule has 0 rings (SSSR count). The van der Waals surface area contributed by atoms with Crippen molar-refractivity contribution < 1.29 is 23.8 Å².